The number of anilines is 1. The number of likely N-dealkylation sites (tertiary alicyclic amines) is 1. The molecule has 20 heavy (non-hydrogen) atoms. The van der Waals surface area contributed by atoms with Crippen LogP contribution in [0, 0.1) is 0 Å². The molecule has 1 N–H and O–H groups in total. The van der Waals surface area contributed by atoms with Gasteiger partial charge in [0.15, 0.2) is 0 Å². The highest BCUT2D eigenvalue weighted by molar-refractivity contribution is 7.00. The van der Waals surface area contributed by atoms with Crippen LogP contribution in [0.1, 0.15) is 26.2 Å². The Balaban J connectivity index is 1.68. The third kappa shape index (κ3) is 2.81. The molecule has 6 heteroatoms. The minimum atomic E-state index is 0.0271. The van der Waals surface area contributed by atoms with Gasteiger partial charge < -0.3 is 5.32 Å². The summed E-state index contributed by atoms with van der Waals surface area (Å²) >= 11 is 1.17. The third-order valence-corrected chi connectivity index (χ3v) is 4.39. The van der Waals surface area contributed by atoms with Gasteiger partial charge in [0.1, 0.15) is 11.0 Å². The van der Waals surface area contributed by atoms with E-state index >= 15 is 0 Å². The first kappa shape index (κ1) is 13.5. The lowest BCUT2D eigenvalue weighted by Crippen LogP contribution is -2.42. The lowest BCUT2D eigenvalue weighted by Gasteiger charge is -2.32. The number of aromatic nitrogens is 2. The zero-order chi connectivity index (χ0) is 13.9. The molecule has 2 heterocycles. The third-order valence-electron chi connectivity index (χ3n) is 3.85. The van der Waals surface area contributed by atoms with E-state index in [0.29, 0.717) is 12.6 Å². The van der Waals surface area contributed by atoms with Gasteiger partial charge in [0.05, 0.1) is 24.0 Å². The second-order valence-corrected chi connectivity index (χ2v) is 5.83. The number of amides is 1. The maximum atomic E-state index is 12.2. The minimum Gasteiger partial charge on any atom is -0.323 e. The molecule has 2 aromatic rings. The average Bonchev–Trinajstić information content (AvgIpc) is 2.91. The smallest absolute Gasteiger partial charge is 0.238 e. The predicted molar refractivity (Wildman–Crippen MR) is 80.9 cm³/mol. The standard InChI is InChI=1S/C14H18N4OS/c1-10-5-2-3-8-18(10)9-13(19)15-11-6-4-7-12-14(11)17-20-16-12/h4,6-7,10H,2-3,5,8-9H2,1H3,(H,15,19)/t10-/m0/s1. The summed E-state index contributed by atoms with van der Waals surface area (Å²) in [5, 5.41) is 2.96. The Morgan fingerprint density at radius 3 is 3.20 bits per heavy atom. The summed E-state index contributed by atoms with van der Waals surface area (Å²) in [7, 11) is 0. The van der Waals surface area contributed by atoms with Crippen LogP contribution < -0.4 is 5.32 Å². The summed E-state index contributed by atoms with van der Waals surface area (Å²) in [6.45, 7) is 3.66. The average molecular weight is 290 g/mol. The normalized spacial score (nSPS) is 20.1. The fourth-order valence-electron chi connectivity index (χ4n) is 2.67. The fourth-order valence-corrected chi connectivity index (χ4v) is 3.22. The molecule has 1 aliphatic rings. The van der Waals surface area contributed by atoms with E-state index in [2.05, 4.69) is 25.9 Å². The molecule has 5 nitrogen and oxygen atoms in total. The van der Waals surface area contributed by atoms with E-state index in [1.54, 1.807) is 0 Å². The number of benzene rings is 1. The number of nitrogens with zero attached hydrogens (tertiary/aromatic N) is 3. The molecular weight excluding hydrogens is 272 g/mol. The van der Waals surface area contributed by atoms with E-state index in [4.69, 9.17) is 0 Å². The van der Waals surface area contributed by atoms with Crippen LogP contribution in [0.5, 0.6) is 0 Å². The number of rotatable bonds is 3. The summed E-state index contributed by atoms with van der Waals surface area (Å²) in [5.41, 5.74) is 2.36. The molecule has 1 atom stereocenters. The van der Waals surface area contributed by atoms with Crippen LogP contribution in [0.3, 0.4) is 0 Å². The summed E-state index contributed by atoms with van der Waals surface area (Å²) in [6, 6.07) is 6.16. The molecule has 0 spiro atoms. The Morgan fingerprint density at radius 2 is 2.35 bits per heavy atom. The van der Waals surface area contributed by atoms with E-state index in [1.807, 2.05) is 18.2 Å². The number of piperidine rings is 1. The molecule has 1 saturated heterocycles. The maximum absolute atomic E-state index is 12.2. The van der Waals surface area contributed by atoms with Crippen molar-refractivity contribution in [1.82, 2.24) is 13.6 Å². The minimum absolute atomic E-state index is 0.0271. The number of hydrogen-bond acceptors (Lipinski definition) is 5. The van der Waals surface area contributed by atoms with Crippen molar-refractivity contribution in [3.63, 3.8) is 0 Å². The Morgan fingerprint density at radius 1 is 1.45 bits per heavy atom. The summed E-state index contributed by atoms with van der Waals surface area (Å²) in [5.74, 6) is 0.0271. The zero-order valence-electron chi connectivity index (χ0n) is 11.5. The van der Waals surface area contributed by atoms with Crippen molar-refractivity contribution < 1.29 is 4.79 Å². The number of hydrogen-bond donors (Lipinski definition) is 1. The molecule has 0 saturated carbocycles. The van der Waals surface area contributed by atoms with Crippen LogP contribution in [-0.2, 0) is 4.79 Å². The van der Waals surface area contributed by atoms with Gasteiger partial charge in [-0.1, -0.05) is 12.5 Å². The molecule has 106 valence electrons. The largest absolute Gasteiger partial charge is 0.323 e. The Bertz CT molecular complexity index is 612. The van der Waals surface area contributed by atoms with Crippen LogP contribution in [0.2, 0.25) is 0 Å². The molecule has 1 aliphatic heterocycles. The molecule has 0 aliphatic carbocycles. The van der Waals surface area contributed by atoms with Crippen molar-refractivity contribution in [3.8, 4) is 0 Å². The van der Waals surface area contributed by atoms with Crippen molar-refractivity contribution in [2.75, 3.05) is 18.4 Å². The van der Waals surface area contributed by atoms with Crippen LogP contribution in [0.4, 0.5) is 5.69 Å². The molecular formula is C14H18N4OS. The van der Waals surface area contributed by atoms with Gasteiger partial charge >= 0.3 is 0 Å². The number of carbonyl (C=O) groups excluding carboxylic acids is 1. The van der Waals surface area contributed by atoms with Crippen LogP contribution in [0.15, 0.2) is 18.2 Å². The van der Waals surface area contributed by atoms with Gasteiger partial charge in [0, 0.05) is 6.04 Å². The van der Waals surface area contributed by atoms with Gasteiger partial charge in [0.2, 0.25) is 5.91 Å². The fraction of sp³-hybridized carbons (Fsp3) is 0.500. The highest BCUT2D eigenvalue weighted by atomic mass is 32.1. The van der Waals surface area contributed by atoms with E-state index in [0.717, 1.165) is 23.3 Å². The molecule has 3 rings (SSSR count). The van der Waals surface area contributed by atoms with Crippen LogP contribution in [0.25, 0.3) is 11.0 Å². The predicted octanol–water partition coefficient (Wildman–Crippen LogP) is 2.50. The molecule has 1 aromatic heterocycles. The molecule has 1 aromatic carbocycles. The SMILES string of the molecule is C[C@H]1CCCCN1CC(=O)Nc1cccc2nsnc12. The van der Waals surface area contributed by atoms with Crippen molar-refractivity contribution >= 4 is 34.4 Å². The van der Waals surface area contributed by atoms with Crippen molar-refractivity contribution in [2.45, 2.75) is 32.2 Å². The Kier molecular flexibility index (Phi) is 3.93. The van der Waals surface area contributed by atoms with Gasteiger partial charge in [0.25, 0.3) is 0 Å². The first-order chi connectivity index (χ1) is 9.74. The quantitative estimate of drug-likeness (QED) is 0.943. The second kappa shape index (κ2) is 5.85. The number of fused-ring (bicyclic) bond motifs is 1. The van der Waals surface area contributed by atoms with E-state index in [-0.39, 0.29) is 5.91 Å². The number of carbonyl (C=O) groups is 1. The van der Waals surface area contributed by atoms with Gasteiger partial charge in [-0.25, -0.2) is 0 Å². The lowest BCUT2D eigenvalue weighted by molar-refractivity contribution is -0.118. The van der Waals surface area contributed by atoms with E-state index in [9.17, 15) is 4.79 Å². The van der Waals surface area contributed by atoms with Gasteiger partial charge in [-0.2, -0.15) is 8.75 Å². The zero-order valence-corrected chi connectivity index (χ0v) is 12.3. The first-order valence-corrected chi connectivity index (χ1v) is 7.72. The number of nitrogens with one attached hydrogen (secondary N) is 1. The van der Waals surface area contributed by atoms with E-state index < -0.39 is 0 Å². The van der Waals surface area contributed by atoms with Crippen LogP contribution in [-0.4, -0.2) is 38.7 Å². The molecule has 0 unspecified atom stereocenters. The van der Waals surface area contributed by atoms with Crippen molar-refractivity contribution in [2.24, 2.45) is 0 Å². The van der Waals surface area contributed by atoms with Crippen molar-refractivity contribution in [3.05, 3.63) is 18.2 Å². The van der Waals surface area contributed by atoms with Gasteiger partial charge in [-0.3, -0.25) is 9.69 Å². The van der Waals surface area contributed by atoms with Gasteiger partial charge in [-0.05, 0) is 38.4 Å². The Labute approximate surface area is 122 Å². The van der Waals surface area contributed by atoms with Crippen LogP contribution >= 0.6 is 11.7 Å². The van der Waals surface area contributed by atoms with Gasteiger partial charge in [-0.15, -0.1) is 0 Å². The first-order valence-electron chi connectivity index (χ1n) is 6.99. The lowest BCUT2D eigenvalue weighted by atomic mass is 10.0. The maximum Gasteiger partial charge on any atom is 0.238 e. The molecule has 0 bridgehead atoms. The Hall–Kier alpha value is -1.53. The highest BCUT2D eigenvalue weighted by Gasteiger charge is 2.20. The molecule has 1 fully saturated rings. The monoisotopic (exact) mass is 290 g/mol. The topological polar surface area (TPSA) is 58.1 Å². The molecule has 1 amide bonds. The van der Waals surface area contributed by atoms with E-state index in [1.165, 1.54) is 31.0 Å². The summed E-state index contributed by atoms with van der Waals surface area (Å²) < 4.78 is 8.42. The molecule has 0 radical (unpaired) electrons. The highest BCUT2D eigenvalue weighted by Crippen LogP contribution is 2.21. The summed E-state index contributed by atoms with van der Waals surface area (Å²) in [6.07, 6.45) is 3.63. The summed E-state index contributed by atoms with van der Waals surface area (Å²) in [4.78, 5) is 14.4. The second-order valence-electron chi connectivity index (χ2n) is 5.30. The van der Waals surface area contributed by atoms with Crippen molar-refractivity contribution in [1.29, 1.82) is 0 Å².